The van der Waals surface area contributed by atoms with Crippen LogP contribution in [0.5, 0.6) is 0 Å². The highest BCUT2D eigenvalue weighted by molar-refractivity contribution is 5.78. The van der Waals surface area contributed by atoms with Gasteiger partial charge in [0.25, 0.3) is 0 Å². The fourth-order valence-electron chi connectivity index (χ4n) is 2.18. The maximum Gasteiger partial charge on any atom is 0.324 e. The highest BCUT2D eigenvalue weighted by Crippen LogP contribution is 2.23. The lowest BCUT2D eigenvalue weighted by molar-refractivity contribution is -0.145. The van der Waals surface area contributed by atoms with Crippen LogP contribution in [0.4, 0.5) is 0 Å². The first kappa shape index (κ1) is 16.4. The first-order chi connectivity index (χ1) is 8.92. The smallest absolute Gasteiger partial charge is 0.324 e. The molecule has 0 heterocycles. The van der Waals surface area contributed by atoms with E-state index in [-0.39, 0.29) is 0 Å². The summed E-state index contributed by atoms with van der Waals surface area (Å²) in [7, 11) is 1.67. The molecule has 1 aliphatic carbocycles. The number of carboxylic acid groups (broad SMARTS) is 1. The van der Waals surface area contributed by atoms with Gasteiger partial charge in [0.15, 0.2) is 0 Å². The third kappa shape index (κ3) is 5.09. The number of aliphatic carboxylic acids is 1. The van der Waals surface area contributed by atoms with Gasteiger partial charge in [-0.05, 0) is 33.1 Å². The molecule has 5 heteroatoms. The van der Waals surface area contributed by atoms with E-state index in [1.54, 1.807) is 14.0 Å². The number of nitrogens with zero attached hydrogens (tertiary/aromatic N) is 1. The molecule has 19 heavy (non-hydrogen) atoms. The van der Waals surface area contributed by atoms with E-state index >= 15 is 0 Å². The number of nitrogens with one attached hydrogen (secondary N) is 1. The molecule has 5 nitrogen and oxygen atoms in total. The van der Waals surface area contributed by atoms with Crippen molar-refractivity contribution in [2.45, 2.75) is 57.7 Å². The molecule has 2 atom stereocenters. The van der Waals surface area contributed by atoms with Crippen molar-refractivity contribution in [2.75, 3.05) is 26.8 Å². The Bertz CT molecular complexity index is 294. The summed E-state index contributed by atoms with van der Waals surface area (Å²) in [5.74, 6) is -0.773. The Kier molecular flexibility index (Phi) is 6.23. The van der Waals surface area contributed by atoms with Crippen LogP contribution < -0.4 is 5.32 Å². The molecular weight excluding hydrogens is 244 g/mol. The van der Waals surface area contributed by atoms with Crippen molar-refractivity contribution in [1.29, 1.82) is 0 Å². The SMILES string of the molecule is CCC(C)N(CCOC)CC(C)(NC1CC1)C(=O)O. The second-order valence-electron chi connectivity index (χ2n) is 5.78. The van der Waals surface area contributed by atoms with Crippen molar-refractivity contribution in [3.63, 3.8) is 0 Å². The lowest BCUT2D eigenvalue weighted by Gasteiger charge is -2.36. The van der Waals surface area contributed by atoms with Crippen LogP contribution in [0.3, 0.4) is 0 Å². The van der Waals surface area contributed by atoms with Gasteiger partial charge in [-0.25, -0.2) is 0 Å². The zero-order chi connectivity index (χ0) is 14.5. The average molecular weight is 272 g/mol. The zero-order valence-electron chi connectivity index (χ0n) is 12.6. The van der Waals surface area contributed by atoms with E-state index in [9.17, 15) is 9.90 Å². The molecule has 0 amide bonds. The Morgan fingerprint density at radius 1 is 1.58 bits per heavy atom. The molecule has 0 aromatic rings. The fraction of sp³-hybridized carbons (Fsp3) is 0.929. The largest absolute Gasteiger partial charge is 0.480 e. The van der Waals surface area contributed by atoms with Crippen LogP contribution >= 0.6 is 0 Å². The lowest BCUT2D eigenvalue weighted by atomic mass is 10.00. The van der Waals surface area contributed by atoms with Gasteiger partial charge in [0.2, 0.25) is 0 Å². The average Bonchev–Trinajstić information content (AvgIpc) is 3.17. The number of methoxy groups -OCH3 is 1. The van der Waals surface area contributed by atoms with E-state index < -0.39 is 11.5 Å². The number of ether oxygens (including phenoxy) is 1. The van der Waals surface area contributed by atoms with Gasteiger partial charge in [-0.2, -0.15) is 0 Å². The highest BCUT2D eigenvalue weighted by Gasteiger charge is 2.40. The molecule has 1 fully saturated rings. The van der Waals surface area contributed by atoms with E-state index in [0.717, 1.165) is 25.8 Å². The number of carboxylic acids is 1. The summed E-state index contributed by atoms with van der Waals surface area (Å²) in [4.78, 5) is 13.8. The Labute approximate surface area is 116 Å². The van der Waals surface area contributed by atoms with Gasteiger partial charge in [0.05, 0.1) is 6.61 Å². The molecule has 2 unspecified atom stereocenters. The molecule has 1 rings (SSSR count). The number of hydrogen-bond acceptors (Lipinski definition) is 4. The van der Waals surface area contributed by atoms with E-state index in [4.69, 9.17) is 4.74 Å². The number of carbonyl (C=O) groups is 1. The molecule has 0 aliphatic heterocycles. The van der Waals surface area contributed by atoms with Crippen molar-refractivity contribution in [3.8, 4) is 0 Å². The molecule has 1 saturated carbocycles. The summed E-state index contributed by atoms with van der Waals surface area (Å²) in [6, 6.07) is 0.733. The summed E-state index contributed by atoms with van der Waals surface area (Å²) in [5.41, 5.74) is -0.877. The minimum absolute atomic E-state index is 0.356. The predicted molar refractivity (Wildman–Crippen MR) is 75.4 cm³/mol. The van der Waals surface area contributed by atoms with Gasteiger partial charge in [-0.15, -0.1) is 0 Å². The first-order valence-electron chi connectivity index (χ1n) is 7.17. The van der Waals surface area contributed by atoms with Crippen molar-refractivity contribution >= 4 is 5.97 Å². The van der Waals surface area contributed by atoms with Crippen molar-refractivity contribution in [1.82, 2.24) is 10.2 Å². The van der Waals surface area contributed by atoms with Crippen molar-refractivity contribution in [3.05, 3.63) is 0 Å². The molecule has 112 valence electrons. The Morgan fingerprint density at radius 2 is 2.21 bits per heavy atom. The normalized spacial score (nSPS) is 20.3. The van der Waals surface area contributed by atoms with E-state index in [1.165, 1.54) is 0 Å². The van der Waals surface area contributed by atoms with Crippen LogP contribution in [0.15, 0.2) is 0 Å². The minimum atomic E-state index is -0.877. The summed E-state index contributed by atoms with van der Waals surface area (Å²) in [6.07, 6.45) is 3.18. The van der Waals surface area contributed by atoms with Crippen LogP contribution in [0.25, 0.3) is 0 Å². The van der Waals surface area contributed by atoms with Crippen LogP contribution in [0.2, 0.25) is 0 Å². The van der Waals surface area contributed by atoms with Crippen LogP contribution in [0.1, 0.15) is 40.0 Å². The van der Waals surface area contributed by atoms with E-state index in [0.29, 0.717) is 25.2 Å². The zero-order valence-corrected chi connectivity index (χ0v) is 12.6. The van der Waals surface area contributed by atoms with Gasteiger partial charge < -0.3 is 9.84 Å². The Balaban J connectivity index is 2.67. The van der Waals surface area contributed by atoms with Gasteiger partial charge in [-0.1, -0.05) is 6.92 Å². The second kappa shape index (κ2) is 7.22. The molecule has 0 radical (unpaired) electrons. The Morgan fingerprint density at radius 3 is 2.63 bits per heavy atom. The van der Waals surface area contributed by atoms with Crippen LogP contribution in [0, 0.1) is 0 Å². The summed E-state index contributed by atoms with van der Waals surface area (Å²) in [5, 5.41) is 12.8. The molecule has 0 aromatic carbocycles. The molecule has 2 N–H and O–H groups in total. The van der Waals surface area contributed by atoms with Crippen molar-refractivity contribution < 1.29 is 14.6 Å². The van der Waals surface area contributed by atoms with Gasteiger partial charge in [0, 0.05) is 32.3 Å². The molecule has 0 saturated heterocycles. The quantitative estimate of drug-likeness (QED) is 0.628. The van der Waals surface area contributed by atoms with Crippen molar-refractivity contribution in [2.24, 2.45) is 0 Å². The predicted octanol–water partition coefficient (Wildman–Crippen LogP) is 1.33. The van der Waals surface area contributed by atoms with Gasteiger partial charge in [-0.3, -0.25) is 15.0 Å². The standard InChI is InChI=1S/C14H28N2O3/c1-5-11(2)16(8-9-19-4)10-14(3,13(17)18)15-12-6-7-12/h11-12,15H,5-10H2,1-4H3,(H,17,18). The second-order valence-corrected chi connectivity index (χ2v) is 5.78. The molecule has 1 aliphatic rings. The summed E-state index contributed by atoms with van der Waals surface area (Å²) in [6.45, 7) is 7.95. The third-order valence-corrected chi connectivity index (χ3v) is 3.89. The number of rotatable bonds is 10. The summed E-state index contributed by atoms with van der Waals surface area (Å²) < 4.78 is 5.13. The maximum atomic E-state index is 11.6. The minimum Gasteiger partial charge on any atom is -0.480 e. The highest BCUT2D eigenvalue weighted by atomic mass is 16.5. The topological polar surface area (TPSA) is 61.8 Å². The molecule has 0 aromatic heterocycles. The molecular formula is C14H28N2O3. The molecule has 0 spiro atoms. The molecule has 0 bridgehead atoms. The summed E-state index contributed by atoms with van der Waals surface area (Å²) >= 11 is 0. The van der Waals surface area contributed by atoms with E-state index in [1.807, 2.05) is 0 Å². The fourth-order valence-corrected chi connectivity index (χ4v) is 2.18. The van der Waals surface area contributed by atoms with E-state index in [2.05, 4.69) is 24.1 Å². The van der Waals surface area contributed by atoms with Gasteiger partial charge in [0.1, 0.15) is 5.54 Å². The third-order valence-electron chi connectivity index (χ3n) is 3.89. The Hall–Kier alpha value is -0.650. The van der Waals surface area contributed by atoms with Crippen LogP contribution in [-0.2, 0) is 9.53 Å². The lowest BCUT2D eigenvalue weighted by Crippen LogP contribution is -2.59. The first-order valence-corrected chi connectivity index (χ1v) is 7.17. The monoisotopic (exact) mass is 272 g/mol. The maximum absolute atomic E-state index is 11.6. The van der Waals surface area contributed by atoms with Gasteiger partial charge >= 0.3 is 5.97 Å². The van der Waals surface area contributed by atoms with Crippen LogP contribution in [-0.4, -0.2) is 60.4 Å². The number of hydrogen-bond donors (Lipinski definition) is 2.